The molecule has 1 saturated heterocycles. The third-order valence-electron chi connectivity index (χ3n) is 4.12. The highest BCUT2D eigenvalue weighted by Gasteiger charge is 2.31. The van der Waals surface area contributed by atoms with E-state index in [0.717, 1.165) is 17.0 Å². The zero-order valence-corrected chi connectivity index (χ0v) is 16.6. The minimum absolute atomic E-state index is 0.0220. The first kappa shape index (κ1) is 18.7. The van der Waals surface area contributed by atoms with Crippen molar-refractivity contribution >= 4 is 56.0 Å². The number of thiophene rings is 1. The lowest BCUT2D eigenvalue weighted by Crippen LogP contribution is -2.48. The summed E-state index contributed by atoms with van der Waals surface area (Å²) in [5, 5.41) is 0. The maximum Gasteiger partial charge on any atom is 0.245 e. The van der Waals surface area contributed by atoms with Crippen molar-refractivity contribution in [2.24, 2.45) is 0 Å². The molecular formula is C16H16Cl2N2O3S2. The summed E-state index contributed by atoms with van der Waals surface area (Å²) in [5.41, 5.74) is 1.63. The molecule has 9 heteroatoms. The summed E-state index contributed by atoms with van der Waals surface area (Å²) in [6.45, 7) is 3.38. The second kappa shape index (κ2) is 7.25. The van der Waals surface area contributed by atoms with E-state index in [4.69, 9.17) is 23.2 Å². The minimum atomic E-state index is -3.64. The number of sulfonamides is 1. The summed E-state index contributed by atoms with van der Waals surface area (Å²) in [6.07, 6.45) is 0. The molecular weight excluding hydrogens is 403 g/mol. The summed E-state index contributed by atoms with van der Waals surface area (Å²) < 4.78 is 27.4. The molecule has 1 aromatic carbocycles. The predicted octanol–water partition coefficient (Wildman–Crippen LogP) is 3.77. The molecule has 0 amide bonds. The number of rotatable bonds is 4. The van der Waals surface area contributed by atoms with E-state index < -0.39 is 10.0 Å². The van der Waals surface area contributed by atoms with Crippen LogP contribution in [0.25, 0.3) is 0 Å². The van der Waals surface area contributed by atoms with Gasteiger partial charge in [-0.1, -0.05) is 23.2 Å². The lowest BCUT2D eigenvalue weighted by molar-refractivity contribution is 0.101. The van der Waals surface area contributed by atoms with Crippen LogP contribution in [0.15, 0.2) is 35.2 Å². The average molecular weight is 419 g/mol. The van der Waals surface area contributed by atoms with Crippen molar-refractivity contribution in [2.75, 3.05) is 31.1 Å². The van der Waals surface area contributed by atoms with Gasteiger partial charge in [0.25, 0.3) is 0 Å². The molecule has 25 heavy (non-hydrogen) atoms. The smallest absolute Gasteiger partial charge is 0.245 e. The fraction of sp³-hybridized carbons (Fsp3) is 0.312. The standard InChI is InChI=1S/C16H16Cl2N2O3S2/c1-11(21)12-2-4-13(5-3-12)19-6-8-20(9-7-19)25(22,23)14-10-15(17)24-16(14)18/h2-5,10H,6-9H2,1H3. The Morgan fingerprint density at radius 2 is 1.68 bits per heavy atom. The van der Waals surface area contributed by atoms with Crippen LogP contribution >= 0.6 is 34.5 Å². The second-order valence-electron chi connectivity index (χ2n) is 5.68. The molecule has 0 aliphatic carbocycles. The molecule has 3 rings (SSSR count). The number of carbonyl (C=O) groups is 1. The van der Waals surface area contributed by atoms with Crippen LogP contribution in [0.3, 0.4) is 0 Å². The maximum atomic E-state index is 12.7. The molecule has 2 heterocycles. The molecule has 0 saturated carbocycles. The molecule has 134 valence electrons. The van der Waals surface area contributed by atoms with Crippen LogP contribution in [0.1, 0.15) is 17.3 Å². The van der Waals surface area contributed by atoms with Crippen molar-refractivity contribution in [2.45, 2.75) is 11.8 Å². The van der Waals surface area contributed by atoms with Crippen LogP contribution < -0.4 is 4.90 Å². The Morgan fingerprint density at radius 3 is 2.16 bits per heavy atom. The van der Waals surface area contributed by atoms with Crippen LogP contribution in [0.2, 0.25) is 8.67 Å². The molecule has 0 radical (unpaired) electrons. The number of piperazine rings is 1. The van der Waals surface area contributed by atoms with Crippen LogP contribution in [-0.4, -0.2) is 44.7 Å². The Bertz CT molecular complexity index is 887. The predicted molar refractivity (Wildman–Crippen MR) is 102 cm³/mol. The van der Waals surface area contributed by atoms with Gasteiger partial charge in [-0.05, 0) is 37.3 Å². The van der Waals surface area contributed by atoms with E-state index in [9.17, 15) is 13.2 Å². The SMILES string of the molecule is CC(=O)c1ccc(N2CCN(S(=O)(=O)c3cc(Cl)sc3Cl)CC2)cc1. The van der Waals surface area contributed by atoms with Gasteiger partial charge in [-0.25, -0.2) is 8.42 Å². The first-order chi connectivity index (χ1) is 11.8. The van der Waals surface area contributed by atoms with Gasteiger partial charge in [-0.15, -0.1) is 11.3 Å². The number of anilines is 1. The van der Waals surface area contributed by atoms with Crippen molar-refractivity contribution in [1.29, 1.82) is 0 Å². The highest BCUT2D eigenvalue weighted by atomic mass is 35.5. The molecule has 1 fully saturated rings. The summed E-state index contributed by atoms with van der Waals surface area (Å²) in [7, 11) is -3.64. The molecule has 2 aromatic rings. The topological polar surface area (TPSA) is 57.7 Å². The van der Waals surface area contributed by atoms with Gasteiger partial charge in [-0.2, -0.15) is 4.31 Å². The summed E-state index contributed by atoms with van der Waals surface area (Å²) in [5.74, 6) is 0.0220. The highest BCUT2D eigenvalue weighted by molar-refractivity contribution is 7.89. The van der Waals surface area contributed by atoms with E-state index in [1.54, 1.807) is 12.1 Å². The van der Waals surface area contributed by atoms with Crippen molar-refractivity contribution in [3.63, 3.8) is 0 Å². The van der Waals surface area contributed by atoms with Gasteiger partial charge in [0.1, 0.15) is 9.23 Å². The fourth-order valence-corrected chi connectivity index (χ4v) is 6.27. The van der Waals surface area contributed by atoms with Crippen molar-refractivity contribution in [3.8, 4) is 0 Å². The second-order valence-corrected chi connectivity index (χ2v) is 9.87. The lowest BCUT2D eigenvalue weighted by atomic mass is 10.1. The van der Waals surface area contributed by atoms with Crippen molar-refractivity contribution in [3.05, 3.63) is 44.6 Å². The quantitative estimate of drug-likeness (QED) is 0.708. The van der Waals surface area contributed by atoms with E-state index >= 15 is 0 Å². The van der Waals surface area contributed by atoms with Gasteiger partial charge in [0.15, 0.2) is 5.78 Å². The zero-order valence-electron chi connectivity index (χ0n) is 13.4. The monoisotopic (exact) mass is 418 g/mol. The number of halogens is 2. The number of hydrogen-bond donors (Lipinski definition) is 0. The number of nitrogens with zero attached hydrogens (tertiary/aromatic N) is 2. The summed E-state index contributed by atoms with van der Waals surface area (Å²) >= 11 is 12.9. The van der Waals surface area contributed by atoms with Crippen LogP contribution in [0.4, 0.5) is 5.69 Å². The molecule has 1 aliphatic heterocycles. The summed E-state index contributed by atoms with van der Waals surface area (Å²) in [4.78, 5) is 13.5. The minimum Gasteiger partial charge on any atom is -0.369 e. The highest BCUT2D eigenvalue weighted by Crippen LogP contribution is 2.36. The van der Waals surface area contributed by atoms with E-state index in [2.05, 4.69) is 4.90 Å². The Morgan fingerprint density at radius 1 is 1.08 bits per heavy atom. The number of benzene rings is 1. The van der Waals surface area contributed by atoms with Crippen LogP contribution in [0, 0.1) is 0 Å². The largest absolute Gasteiger partial charge is 0.369 e. The molecule has 1 aromatic heterocycles. The van der Waals surface area contributed by atoms with E-state index in [-0.39, 0.29) is 15.0 Å². The zero-order chi connectivity index (χ0) is 18.2. The third-order valence-corrected chi connectivity index (χ3v) is 7.77. The number of Topliss-reactive ketones (excluding diaryl/α,β-unsaturated/α-hetero) is 1. The third kappa shape index (κ3) is 3.85. The Labute approximate surface area is 160 Å². The first-order valence-electron chi connectivity index (χ1n) is 7.60. The van der Waals surface area contributed by atoms with Gasteiger partial charge in [0.2, 0.25) is 10.0 Å². The molecule has 1 aliphatic rings. The Balaban J connectivity index is 1.71. The van der Waals surface area contributed by atoms with E-state index in [1.807, 2.05) is 12.1 Å². The van der Waals surface area contributed by atoms with E-state index in [0.29, 0.717) is 36.1 Å². The molecule has 0 unspecified atom stereocenters. The van der Waals surface area contributed by atoms with Gasteiger partial charge in [0, 0.05) is 37.4 Å². The molecule has 0 N–H and O–H groups in total. The maximum absolute atomic E-state index is 12.7. The van der Waals surface area contributed by atoms with Gasteiger partial charge in [0.05, 0.1) is 4.34 Å². The molecule has 5 nitrogen and oxygen atoms in total. The Kier molecular flexibility index (Phi) is 5.41. The van der Waals surface area contributed by atoms with Crippen LogP contribution in [-0.2, 0) is 10.0 Å². The molecule has 0 spiro atoms. The first-order valence-corrected chi connectivity index (χ1v) is 10.6. The Hall–Kier alpha value is -1.12. The van der Waals surface area contributed by atoms with Crippen LogP contribution in [0.5, 0.6) is 0 Å². The van der Waals surface area contributed by atoms with Crippen molar-refractivity contribution < 1.29 is 13.2 Å². The van der Waals surface area contributed by atoms with Gasteiger partial charge in [-0.3, -0.25) is 4.79 Å². The lowest BCUT2D eigenvalue weighted by Gasteiger charge is -2.35. The number of ketones is 1. The number of hydrogen-bond acceptors (Lipinski definition) is 5. The van der Waals surface area contributed by atoms with Gasteiger partial charge < -0.3 is 4.90 Å². The fourth-order valence-electron chi connectivity index (χ4n) is 2.73. The van der Waals surface area contributed by atoms with E-state index in [1.165, 1.54) is 17.3 Å². The summed E-state index contributed by atoms with van der Waals surface area (Å²) in [6, 6.07) is 8.74. The average Bonchev–Trinajstić information content (AvgIpc) is 2.94. The normalized spacial score (nSPS) is 16.2. The number of carbonyl (C=O) groups excluding carboxylic acids is 1. The molecule has 0 atom stereocenters. The molecule has 0 bridgehead atoms. The van der Waals surface area contributed by atoms with Gasteiger partial charge >= 0.3 is 0 Å². The van der Waals surface area contributed by atoms with Crippen molar-refractivity contribution in [1.82, 2.24) is 4.31 Å².